The topological polar surface area (TPSA) is 55.1 Å². The molecule has 3 rings (SSSR count). The van der Waals surface area contributed by atoms with Crippen molar-refractivity contribution in [1.29, 1.82) is 0 Å². The molecule has 4 nitrogen and oxygen atoms in total. The van der Waals surface area contributed by atoms with Crippen LogP contribution in [0.4, 0.5) is 5.69 Å². The minimum Gasteiger partial charge on any atom is -0.441 e. The van der Waals surface area contributed by atoms with Crippen LogP contribution in [0.25, 0.3) is 11.3 Å². The molecule has 0 unspecified atom stereocenters. The van der Waals surface area contributed by atoms with Crippen LogP contribution in [0, 0.1) is 13.8 Å². The van der Waals surface area contributed by atoms with Crippen molar-refractivity contribution in [3.05, 3.63) is 69.1 Å². The molecule has 0 spiro atoms. The molecule has 0 saturated carbocycles. The fourth-order valence-electron chi connectivity index (χ4n) is 2.48. The zero-order valence-corrected chi connectivity index (χ0v) is 16.8. The number of carbonyl (C=O) groups is 1. The molecular formula is C20H18BrClN2O2. The maximum Gasteiger partial charge on any atom is 0.224 e. The molecular weight excluding hydrogens is 416 g/mol. The molecule has 0 aliphatic carbocycles. The Morgan fingerprint density at radius 3 is 2.73 bits per heavy atom. The quantitative estimate of drug-likeness (QED) is 0.541. The lowest BCUT2D eigenvalue weighted by atomic mass is 10.1. The zero-order chi connectivity index (χ0) is 18.7. The van der Waals surface area contributed by atoms with E-state index in [-0.39, 0.29) is 12.3 Å². The lowest BCUT2D eigenvalue weighted by Crippen LogP contribution is -2.12. The van der Waals surface area contributed by atoms with E-state index in [1.807, 2.05) is 12.1 Å². The Balaban J connectivity index is 1.60. The van der Waals surface area contributed by atoms with Crippen molar-refractivity contribution >= 4 is 39.1 Å². The van der Waals surface area contributed by atoms with Crippen molar-refractivity contribution in [1.82, 2.24) is 4.98 Å². The van der Waals surface area contributed by atoms with E-state index in [1.54, 1.807) is 18.3 Å². The fourth-order valence-corrected chi connectivity index (χ4v) is 3.20. The van der Waals surface area contributed by atoms with Gasteiger partial charge in [-0.25, -0.2) is 4.98 Å². The number of amides is 1. The van der Waals surface area contributed by atoms with Gasteiger partial charge in [0.2, 0.25) is 5.91 Å². The van der Waals surface area contributed by atoms with E-state index in [0.717, 1.165) is 10.0 Å². The summed E-state index contributed by atoms with van der Waals surface area (Å²) in [6, 6.07) is 11.5. The number of nitrogens with zero attached hydrogens (tertiary/aromatic N) is 1. The first-order valence-electron chi connectivity index (χ1n) is 8.19. The number of benzene rings is 2. The van der Waals surface area contributed by atoms with Crippen LogP contribution in [0.15, 0.2) is 51.5 Å². The Morgan fingerprint density at radius 2 is 2.00 bits per heavy atom. The number of carbonyl (C=O) groups excluding carboxylic acids is 1. The van der Waals surface area contributed by atoms with Gasteiger partial charge in [-0.15, -0.1) is 0 Å². The number of anilines is 1. The average Bonchev–Trinajstić information content (AvgIpc) is 3.07. The lowest BCUT2D eigenvalue weighted by molar-refractivity contribution is -0.116. The van der Waals surface area contributed by atoms with Gasteiger partial charge in [0.05, 0.1) is 16.9 Å². The second kappa shape index (κ2) is 8.06. The summed E-state index contributed by atoms with van der Waals surface area (Å²) in [5.41, 5.74) is 4.00. The largest absolute Gasteiger partial charge is 0.441 e. The molecule has 1 N–H and O–H groups in total. The number of hydrogen-bond acceptors (Lipinski definition) is 3. The van der Waals surface area contributed by atoms with Crippen LogP contribution in [0.3, 0.4) is 0 Å². The summed E-state index contributed by atoms with van der Waals surface area (Å²) in [6.07, 6.45) is 2.38. The number of rotatable bonds is 5. The monoisotopic (exact) mass is 432 g/mol. The van der Waals surface area contributed by atoms with Crippen molar-refractivity contribution in [2.24, 2.45) is 0 Å². The van der Waals surface area contributed by atoms with Gasteiger partial charge < -0.3 is 9.73 Å². The zero-order valence-electron chi connectivity index (χ0n) is 14.5. The molecule has 6 heteroatoms. The molecule has 26 heavy (non-hydrogen) atoms. The van der Waals surface area contributed by atoms with E-state index >= 15 is 0 Å². The normalized spacial score (nSPS) is 10.8. The van der Waals surface area contributed by atoms with Gasteiger partial charge in [0.25, 0.3) is 0 Å². The molecule has 0 bridgehead atoms. The van der Waals surface area contributed by atoms with Crippen LogP contribution in [-0.4, -0.2) is 10.9 Å². The van der Waals surface area contributed by atoms with Crippen molar-refractivity contribution in [2.75, 3.05) is 5.32 Å². The first kappa shape index (κ1) is 18.7. The van der Waals surface area contributed by atoms with Gasteiger partial charge in [-0.3, -0.25) is 4.79 Å². The van der Waals surface area contributed by atoms with E-state index in [0.29, 0.717) is 28.8 Å². The van der Waals surface area contributed by atoms with Crippen molar-refractivity contribution < 1.29 is 9.21 Å². The van der Waals surface area contributed by atoms with E-state index in [2.05, 4.69) is 52.2 Å². The second-order valence-corrected chi connectivity index (χ2v) is 7.41. The molecule has 3 aromatic rings. The Bertz CT molecular complexity index is 953. The lowest BCUT2D eigenvalue weighted by Gasteiger charge is -2.06. The minimum atomic E-state index is -0.139. The molecule has 0 saturated heterocycles. The first-order chi connectivity index (χ1) is 12.4. The van der Waals surface area contributed by atoms with Crippen molar-refractivity contribution in [3.8, 4) is 11.3 Å². The van der Waals surface area contributed by atoms with E-state index in [9.17, 15) is 4.79 Å². The molecule has 134 valence electrons. The predicted molar refractivity (Wildman–Crippen MR) is 108 cm³/mol. The number of aromatic nitrogens is 1. The Kier molecular flexibility index (Phi) is 5.79. The van der Waals surface area contributed by atoms with E-state index in [4.69, 9.17) is 16.0 Å². The molecule has 2 aromatic carbocycles. The second-order valence-electron chi connectivity index (χ2n) is 6.09. The van der Waals surface area contributed by atoms with Gasteiger partial charge in [0.15, 0.2) is 11.7 Å². The SMILES string of the molecule is Cc1ccc(-c2cnc(CCC(=O)Nc3ccc(Br)cc3Cl)o2)cc1C. The highest BCUT2D eigenvalue weighted by Crippen LogP contribution is 2.26. The summed E-state index contributed by atoms with van der Waals surface area (Å²) >= 11 is 9.45. The molecule has 0 radical (unpaired) electrons. The highest BCUT2D eigenvalue weighted by Gasteiger charge is 2.11. The summed E-state index contributed by atoms with van der Waals surface area (Å²) in [5, 5.41) is 3.29. The smallest absolute Gasteiger partial charge is 0.224 e. The fraction of sp³-hybridized carbons (Fsp3) is 0.200. The molecule has 0 aliphatic rings. The number of oxazole rings is 1. The third kappa shape index (κ3) is 4.54. The molecule has 0 atom stereocenters. The third-order valence-corrected chi connectivity index (χ3v) is 4.92. The molecule has 1 heterocycles. The summed E-state index contributed by atoms with van der Waals surface area (Å²) in [6.45, 7) is 4.13. The van der Waals surface area contributed by atoms with E-state index < -0.39 is 0 Å². The highest BCUT2D eigenvalue weighted by molar-refractivity contribution is 9.10. The number of halogens is 2. The molecule has 0 fully saturated rings. The summed E-state index contributed by atoms with van der Waals surface area (Å²) in [4.78, 5) is 16.4. The maximum atomic E-state index is 12.1. The van der Waals surface area contributed by atoms with Crippen LogP contribution >= 0.6 is 27.5 Å². The Hall–Kier alpha value is -2.11. The van der Waals surface area contributed by atoms with Gasteiger partial charge >= 0.3 is 0 Å². The van der Waals surface area contributed by atoms with Gasteiger partial charge in [-0.2, -0.15) is 0 Å². The number of nitrogens with one attached hydrogen (secondary N) is 1. The van der Waals surface area contributed by atoms with Crippen LogP contribution in [0.1, 0.15) is 23.4 Å². The van der Waals surface area contributed by atoms with Gasteiger partial charge in [-0.05, 0) is 49.2 Å². The van der Waals surface area contributed by atoms with Crippen molar-refractivity contribution in [2.45, 2.75) is 26.7 Å². The minimum absolute atomic E-state index is 0.139. The van der Waals surface area contributed by atoms with Crippen LogP contribution in [0.5, 0.6) is 0 Å². The van der Waals surface area contributed by atoms with Gasteiger partial charge in [0.1, 0.15) is 0 Å². The molecule has 1 amide bonds. The summed E-state index contributed by atoms with van der Waals surface area (Å²) in [7, 11) is 0. The first-order valence-corrected chi connectivity index (χ1v) is 9.36. The summed E-state index contributed by atoms with van der Waals surface area (Å²) in [5.74, 6) is 1.11. The van der Waals surface area contributed by atoms with Crippen LogP contribution in [0.2, 0.25) is 5.02 Å². The third-order valence-electron chi connectivity index (χ3n) is 4.12. The van der Waals surface area contributed by atoms with E-state index in [1.165, 1.54) is 11.1 Å². The van der Waals surface area contributed by atoms with Crippen molar-refractivity contribution in [3.63, 3.8) is 0 Å². The highest BCUT2D eigenvalue weighted by atomic mass is 79.9. The standard InChI is InChI=1S/C20H18BrClN2O2/c1-12-3-4-14(9-13(12)2)18-11-23-20(26-18)8-7-19(25)24-17-6-5-15(21)10-16(17)22/h3-6,9-11H,7-8H2,1-2H3,(H,24,25). The average molecular weight is 434 g/mol. The maximum absolute atomic E-state index is 12.1. The number of hydrogen-bond donors (Lipinski definition) is 1. The molecule has 0 aliphatic heterocycles. The Morgan fingerprint density at radius 1 is 1.19 bits per heavy atom. The Labute approximate surface area is 165 Å². The van der Waals surface area contributed by atoms with Gasteiger partial charge in [-0.1, -0.05) is 39.7 Å². The predicted octanol–water partition coefficient (Wildman–Crippen LogP) is 5.95. The number of aryl methyl sites for hydroxylation is 3. The van der Waals surface area contributed by atoms with Gasteiger partial charge in [0, 0.05) is 22.9 Å². The van der Waals surface area contributed by atoms with Crippen LogP contribution in [-0.2, 0) is 11.2 Å². The van der Waals surface area contributed by atoms with Crippen LogP contribution < -0.4 is 5.32 Å². The molecule has 1 aromatic heterocycles. The summed E-state index contributed by atoms with van der Waals surface area (Å²) < 4.78 is 6.64.